The molecule has 0 bridgehead atoms. The zero-order valence-electron chi connectivity index (χ0n) is 12.8. The summed E-state index contributed by atoms with van der Waals surface area (Å²) in [5.74, 6) is -0.441. The number of anilines is 1. The minimum absolute atomic E-state index is 0.0227. The van der Waals surface area contributed by atoms with Gasteiger partial charge < -0.3 is 5.32 Å². The van der Waals surface area contributed by atoms with Crippen LogP contribution in [0.5, 0.6) is 0 Å². The number of carbonyl (C=O) groups is 1. The number of amides is 1. The van der Waals surface area contributed by atoms with Gasteiger partial charge in [0.25, 0.3) is 11.6 Å². The van der Waals surface area contributed by atoms with Gasteiger partial charge in [0, 0.05) is 17.8 Å². The van der Waals surface area contributed by atoms with Crippen molar-refractivity contribution in [3.63, 3.8) is 0 Å². The molecule has 3 rings (SSSR count). The van der Waals surface area contributed by atoms with E-state index in [4.69, 9.17) is 11.6 Å². The molecular weight excluding hydrogens is 346 g/mol. The highest BCUT2D eigenvalue weighted by Gasteiger charge is 2.15. The molecule has 2 aromatic carbocycles. The maximum Gasteiger partial charge on any atom is 0.270 e. The summed E-state index contributed by atoms with van der Waals surface area (Å²) >= 11 is 5.96. The molecule has 0 aliphatic carbocycles. The van der Waals surface area contributed by atoms with Gasteiger partial charge in [0.15, 0.2) is 0 Å². The smallest absolute Gasteiger partial charge is 0.270 e. The number of nitro benzene ring substituents is 1. The molecule has 0 aliphatic heterocycles. The lowest BCUT2D eigenvalue weighted by Crippen LogP contribution is -2.12. The van der Waals surface area contributed by atoms with Crippen LogP contribution < -0.4 is 5.32 Å². The van der Waals surface area contributed by atoms with Gasteiger partial charge in [-0.3, -0.25) is 14.9 Å². The number of benzene rings is 2. The van der Waals surface area contributed by atoms with Crippen molar-refractivity contribution in [1.29, 1.82) is 0 Å². The first kappa shape index (κ1) is 16.6. The summed E-state index contributed by atoms with van der Waals surface area (Å²) in [4.78, 5) is 26.3. The number of nitrogens with one attached hydrogen (secondary N) is 1. The Balaban J connectivity index is 1.69. The van der Waals surface area contributed by atoms with Gasteiger partial charge in [0.2, 0.25) is 0 Å². The Bertz CT molecular complexity index is 910. The fourth-order valence-corrected chi connectivity index (χ4v) is 2.46. The fourth-order valence-electron chi connectivity index (χ4n) is 2.20. The number of nitrogens with zero attached hydrogens (tertiary/aromatic N) is 4. The normalized spacial score (nSPS) is 10.4. The summed E-state index contributed by atoms with van der Waals surface area (Å²) in [6.45, 7) is 0.572. The van der Waals surface area contributed by atoms with E-state index in [2.05, 4.69) is 15.4 Å². The van der Waals surface area contributed by atoms with Crippen LogP contribution in [0.4, 0.5) is 11.4 Å². The number of nitro groups is 1. The van der Waals surface area contributed by atoms with Gasteiger partial charge in [0.05, 0.1) is 22.1 Å². The topological polar surface area (TPSA) is 103 Å². The first-order chi connectivity index (χ1) is 12.0. The van der Waals surface area contributed by atoms with Crippen LogP contribution in [0, 0.1) is 10.1 Å². The predicted octanol–water partition coefficient (Wildman–Crippen LogP) is 3.14. The van der Waals surface area contributed by atoms with Gasteiger partial charge in [-0.15, -0.1) is 0 Å². The van der Waals surface area contributed by atoms with Crippen LogP contribution >= 0.6 is 11.6 Å². The van der Waals surface area contributed by atoms with E-state index in [-0.39, 0.29) is 16.3 Å². The Morgan fingerprint density at radius 2 is 2.00 bits per heavy atom. The van der Waals surface area contributed by atoms with Crippen LogP contribution in [0.3, 0.4) is 0 Å². The highest BCUT2D eigenvalue weighted by molar-refractivity contribution is 6.34. The van der Waals surface area contributed by atoms with E-state index in [9.17, 15) is 14.9 Å². The lowest BCUT2D eigenvalue weighted by Gasteiger charge is -2.08. The highest BCUT2D eigenvalue weighted by atomic mass is 35.5. The molecule has 9 heteroatoms. The lowest BCUT2D eigenvalue weighted by molar-refractivity contribution is -0.384. The van der Waals surface area contributed by atoms with Crippen molar-refractivity contribution >= 4 is 28.9 Å². The number of halogens is 1. The molecule has 0 unspecified atom stereocenters. The second-order valence-corrected chi connectivity index (χ2v) is 5.57. The summed E-state index contributed by atoms with van der Waals surface area (Å²) in [6.07, 6.45) is 3.08. The Kier molecular flexibility index (Phi) is 4.71. The Labute approximate surface area is 147 Å². The summed E-state index contributed by atoms with van der Waals surface area (Å²) in [6, 6.07) is 10.9. The van der Waals surface area contributed by atoms with E-state index < -0.39 is 10.8 Å². The van der Waals surface area contributed by atoms with Crippen molar-refractivity contribution < 1.29 is 9.72 Å². The molecule has 0 spiro atoms. The molecule has 3 aromatic rings. The van der Waals surface area contributed by atoms with Gasteiger partial charge in [0.1, 0.15) is 12.7 Å². The maximum absolute atomic E-state index is 12.3. The molecule has 1 amide bonds. The summed E-state index contributed by atoms with van der Waals surface area (Å²) in [5, 5.41) is 17.5. The predicted molar refractivity (Wildman–Crippen MR) is 91.6 cm³/mol. The molecule has 126 valence electrons. The van der Waals surface area contributed by atoms with Gasteiger partial charge in [-0.2, -0.15) is 5.10 Å². The van der Waals surface area contributed by atoms with Gasteiger partial charge in [-0.25, -0.2) is 9.67 Å². The third-order valence-electron chi connectivity index (χ3n) is 3.43. The van der Waals surface area contributed by atoms with Gasteiger partial charge in [-0.05, 0) is 23.8 Å². The van der Waals surface area contributed by atoms with E-state index in [0.717, 1.165) is 11.6 Å². The molecule has 1 heterocycles. The van der Waals surface area contributed by atoms with Crippen molar-refractivity contribution in [1.82, 2.24) is 14.8 Å². The van der Waals surface area contributed by atoms with E-state index >= 15 is 0 Å². The molecular formula is C16H12ClN5O3. The van der Waals surface area contributed by atoms with Crippen LogP contribution in [-0.4, -0.2) is 25.6 Å². The average molecular weight is 358 g/mol. The zero-order chi connectivity index (χ0) is 17.8. The number of hydrogen-bond acceptors (Lipinski definition) is 5. The van der Waals surface area contributed by atoms with E-state index in [0.29, 0.717) is 12.2 Å². The van der Waals surface area contributed by atoms with Crippen LogP contribution in [0.1, 0.15) is 15.9 Å². The van der Waals surface area contributed by atoms with Crippen molar-refractivity contribution in [3.05, 3.63) is 81.4 Å². The highest BCUT2D eigenvalue weighted by Crippen LogP contribution is 2.23. The molecule has 0 radical (unpaired) electrons. The van der Waals surface area contributed by atoms with Crippen LogP contribution in [0.25, 0.3) is 0 Å². The minimum atomic E-state index is -0.568. The first-order valence-corrected chi connectivity index (χ1v) is 7.57. The largest absolute Gasteiger partial charge is 0.322 e. The Hall–Kier alpha value is -3.26. The first-order valence-electron chi connectivity index (χ1n) is 7.19. The molecule has 8 nitrogen and oxygen atoms in total. The molecule has 0 aliphatic rings. The third kappa shape index (κ3) is 3.99. The molecule has 1 aromatic heterocycles. The van der Waals surface area contributed by atoms with Crippen molar-refractivity contribution in [2.45, 2.75) is 6.54 Å². The lowest BCUT2D eigenvalue weighted by atomic mass is 10.1. The molecule has 0 saturated heterocycles. The Morgan fingerprint density at radius 3 is 2.60 bits per heavy atom. The number of aromatic nitrogens is 3. The molecule has 1 N–H and O–H groups in total. The number of carbonyl (C=O) groups excluding carboxylic acids is 1. The van der Waals surface area contributed by atoms with Gasteiger partial charge in [-0.1, -0.05) is 23.7 Å². The molecule has 0 fully saturated rings. The second-order valence-electron chi connectivity index (χ2n) is 5.17. The summed E-state index contributed by atoms with van der Waals surface area (Å²) in [7, 11) is 0. The van der Waals surface area contributed by atoms with Crippen LogP contribution in [-0.2, 0) is 6.54 Å². The Morgan fingerprint density at radius 1 is 1.24 bits per heavy atom. The summed E-state index contributed by atoms with van der Waals surface area (Å²) < 4.78 is 1.68. The second kappa shape index (κ2) is 7.10. The molecule has 25 heavy (non-hydrogen) atoms. The summed E-state index contributed by atoms with van der Waals surface area (Å²) in [5.41, 5.74) is 1.58. The van der Waals surface area contributed by atoms with Crippen molar-refractivity contribution in [3.8, 4) is 0 Å². The quantitative estimate of drug-likeness (QED) is 0.558. The molecule has 0 saturated carbocycles. The zero-order valence-corrected chi connectivity index (χ0v) is 13.6. The monoisotopic (exact) mass is 357 g/mol. The third-order valence-corrected chi connectivity index (χ3v) is 3.74. The van der Waals surface area contributed by atoms with E-state index in [1.165, 1.54) is 18.5 Å². The standard InChI is InChI=1S/C16H12ClN5O3/c17-15-7-13(22(24)25)5-6-14(15)16(23)20-12-3-1-11(2-4-12)8-21-10-18-9-19-21/h1-7,9-10H,8H2,(H,20,23). The SMILES string of the molecule is O=C(Nc1ccc(Cn2cncn2)cc1)c1ccc([N+](=O)[O-])cc1Cl. The number of rotatable bonds is 5. The number of non-ortho nitro benzene ring substituents is 1. The van der Waals surface area contributed by atoms with Crippen molar-refractivity contribution in [2.75, 3.05) is 5.32 Å². The minimum Gasteiger partial charge on any atom is -0.322 e. The maximum atomic E-state index is 12.3. The van der Waals surface area contributed by atoms with E-state index in [1.807, 2.05) is 12.1 Å². The average Bonchev–Trinajstić information content (AvgIpc) is 3.09. The van der Waals surface area contributed by atoms with Gasteiger partial charge >= 0.3 is 0 Å². The van der Waals surface area contributed by atoms with E-state index in [1.54, 1.807) is 23.1 Å². The molecule has 0 atom stereocenters. The van der Waals surface area contributed by atoms with Crippen molar-refractivity contribution in [2.24, 2.45) is 0 Å². The van der Waals surface area contributed by atoms with Crippen LogP contribution in [0.15, 0.2) is 55.1 Å². The fraction of sp³-hybridized carbons (Fsp3) is 0.0625. The number of hydrogen-bond donors (Lipinski definition) is 1. The van der Waals surface area contributed by atoms with Crippen LogP contribution in [0.2, 0.25) is 5.02 Å².